The predicted octanol–water partition coefficient (Wildman–Crippen LogP) is 1.82. The van der Waals surface area contributed by atoms with E-state index in [9.17, 15) is 0 Å². The molecule has 12 heavy (non-hydrogen) atoms. The minimum atomic E-state index is -0.00491. The molecule has 0 spiro atoms. The van der Waals surface area contributed by atoms with Gasteiger partial charge in [-0.3, -0.25) is 0 Å². The van der Waals surface area contributed by atoms with Crippen LogP contribution in [-0.2, 0) is 0 Å². The Balaban J connectivity index is 3.63. The van der Waals surface area contributed by atoms with Crippen molar-refractivity contribution in [3.63, 3.8) is 0 Å². The fraction of sp³-hybridized carbons (Fsp3) is 0.400. The molecule has 1 aromatic carbocycles. The molecular weight excluding hydrogens is 148 g/mol. The number of nitrogens with zero attached hydrogens (tertiary/aromatic N) is 2. The fourth-order valence-electron chi connectivity index (χ4n) is 0.747. The molecule has 0 fully saturated rings. The van der Waals surface area contributed by atoms with E-state index in [1.54, 1.807) is 38.0 Å². The minimum Gasteiger partial charge on any atom is -0.378 e. The molecule has 0 aliphatic rings. The Kier molecular flexibility index (Phi) is 1.38. The summed E-state index contributed by atoms with van der Waals surface area (Å²) in [5.41, 5.74) is 0.640. The maximum Gasteiger partial charge on any atom is 0.0645 e. The molecule has 2 heteroatoms. The van der Waals surface area contributed by atoms with Crippen LogP contribution in [0.25, 0.3) is 0 Å². The summed E-state index contributed by atoms with van der Waals surface area (Å²) in [6, 6.07) is -0.0196. The van der Waals surface area contributed by atoms with Gasteiger partial charge in [0.25, 0.3) is 0 Å². The van der Waals surface area contributed by atoms with Crippen molar-refractivity contribution in [1.29, 1.82) is 0 Å². The van der Waals surface area contributed by atoms with E-state index in [0.717, 1.165) is 0 Å². The highest BCUT2D eigenvalue weighted by molar-refractivity contribution is 5.54. The summed E-state index contributed by atoms with van der Waals surface area (Å²) in [4.78, 5) is 3.19. The predicted molar refractivity (Wildman–Crippen MR) is 55.1 cm³/mol. The fourth-order valence-corrected chi connectivity index (χ4v) is 0.747. The summed E-state index contributed by atoms with van der Waals surface area (Å²) in [5, 5.41) is 0. The number of rotatable bonds is 2. The third kappa shape index (κ3) is 1.91. The van der Waals surface area contributed by atoms with Gasteiger partial charge in [0.05, 0.1) is 5.48 Å². The monoisotopic (exact) mass is 168 g/mol. The summed E-state index contributed by atoms with van der Waals surface area (Å²) in [7, 11) is 6.83. The lowest BCUT2D eigenvalue weighted by Crippen LogP contribution is -2.10. The second-order valence-corrected chi connectivity index (χ2v) is 2.99. The Morgan fingerprint density at radius 1 is 0.833 bits per heavy atom. The molecule has 0 bridgehead atoms. The molecule has 0 aliphatic carbocycles. The van der Waals surface area contributed by atoms with Gasteiger partial charge in [-0.2, -0.15) is 0 Å². The Morgan fingerprint density at radius 2 is 1.08 bits per heavy atom. The zero-order valence-electron chi connectivity index (χ0n) is 11.9. The Morgan fingerprint density at radius 3 is 1.25 bits per heavy atom. The van der Waals surface area contributed by atoms with Crippen LogP contribution in [0.2, 0.25) is 0 Å². The van der Waals surface area contributed by atoms with Crippen LogP contribution in [0.3, 0.4) is 0 Å². The second-order valence-electron chi connectivity index (χ2n) is 2.99. The molecule has 0 amide bonds. The summed E-state index contributed by atoms with van der Waals surface area (Å²) in [6.07, 6.45) is 0. The van der Waals surface area contributed by atoms with Gasteiger partial charge in [-0.15, -0.1) is 0 Å². The van der Waals surface area contributed by atoms with Crippen molar-refractivity contribution in [2.24, 2.45) is 0 Å². The molecule has 0 N–H and O–H groups in total. The molecule has 0 atom stereocenters. The molecule has 2 nitrogen and oxygen atoms in total. The quantitative estimate of drug-likeness (QED) is 0.664. The number of benzene rings is 1. The Labute approximate surface area is 80.0 Å². The zero-order valence-corrected chi connectivity index (χ0v) is 7.89. The van der Waals surface area contributed by atoms with Gasteiger partial charge in [0.1, 0.15) is 0 Å². The van der Waals surface area contributed by atoms with Gasteiger partial charge in [0, 0.05) is 39.6 Å². The number of hydrogen-bond donors (Lipinski definition) is 0. The van der Waals surface area contributed by atoms with Crippen LogP contribution in [0.5, 0.6) is 0 Å². The van der Waals surface area contributed by atoms with Gasteiger partial charge < -0.3 is 9.80 Å². The van der Waals surface area contributed by atoms with Crippen molar-refractivity contribution in [2.75, 3.05) is 38.0 Å². The number of hydrogen-bond acceptors (Lipinski definition) is 2. The van der Waals surface area contributed by atoms with Crippen molar-refractivity contribution >= 4 is 11.4 Å². The molecule has 66 valence electrons. The van der Waals surface area contributed by atoms with Gasteiger partial charge in [0.15, 0.2) is 0 Å². The third-order valence-corrected chi connectivity index (χ3v) is 1.49. The van der Waals surface area contributed by atoms with E-state index < -0.39 is 0 Å². The molecule has 0 unspecified atom stereocenters. The lowest BCUT2D eigenvalue weighted by molar-refractivity contribution is 1.11. The summed E-state index contributed by atoms with van der Waals surface area (Å²) in [5.74, 6) is 0. The van der Waals surface area contributed by atoms with Crippen LogP contribution in [0, 0.1) is 0 Å². The van der Waals surface area contributed by atoms with Crippen LogP contribution >= 0.6 is 0 Å². The van der Waals surface area contributed by atoms with Crippen LogP contribution in [0.15, 0.2) is 24.2 Å². The first-order valence-corrected chi connectivity index (χ1v) is 3.74. The maximum atomic E-state index is 7.84. The lowest BCUT2D eigenvalue weighted by atomic mass is 10.2. The molecule has 1 rings (SSSR count). The molecular formula is C10H16N2. The zero-order chi connectivity index (χ0) is 12.6. The SMILES string of the molecule is [2H]c1c([2H])c(N(C)C)c([2H])c([2H])c1N(C)C. The second kappa shape index (κ2) is 3.48. The highest BCUT2D eigenvalue weighted by Crippen LogP contribution is 2.16. The van der Waals surface area contributed by atoms with Gasteiger partial charge in [-0.05, 0) is 24.2 Å². The van der Waals surface area contributed by atoms with E-state index >= 15 is 0 Å². The average molecular weight is 168 g/mol. The van der Waals surface area contributed by atoms with Crippen molar-refractivity contribution < 1.29 is 5.48 Å². The summed E-state index contributed by atoms with van der Waals surface area (Å²) < 4.78 is 31.4. The van der Waals surface area contributed by atoms with E-state index in [0.29, 0.717) is 11.4 Å². The maximum absolute atomic E-state index is 7.84. The van der Waals surface area contributed by atoms with Crippen LogP contribution < -0.4 is 9.80 Å². The van der Waals surface area contributed by atoms with E-state index in [4.69, 9.17) is 5.48 Å². The first kappa shape index (κ1) is 4.75. The van der Waals surface area contributed by atoms with Gasteiger partial charge in [0.2, 0.25) is 0 Å². The molecule has 0 aliphatic heterocycles. The van der Waals surface area contributed by atoms with Crippen LogP contribution in [0.1, 0.15) is 5.48 Å². The van der Waals surface area contributed by atoms with Crippen molar-refractivity contribution in [1.82, 2.24) is 0 Å². The van der Waals surface area contributed by atoms with Crippen LogP contribution in [-0.4, -0.2) is 28.2 Å². The number of anilines is 2. The smallest absolute Gasteiger partial charge is 0.0645 e. The average Bonchev–Trinajstić information content (AvgIpc) is 2.14. The van der Waals surface area contributed by atoms with E-state index in [-0.39, 0.29) is 24.2 Å². The summed E-state index contributed by atoms with van der Waals surface area (Å²) in [6.45, 7) is 0. The largest absolute Gasteiger partial charge is 0.378 e. The highest BCUT2D eigenvalue weighted by Gasteiger charge is 1.96. The summed E-state index contributed by atoms with van der Waals surface area (Å²) >= 11 is 0. The van der Waals surface area contributed by atoms with Crippen molar-refractivity contribution in [3.8, 4) is 0 Å². The lowest BCUT2D eigenvalue weighted by Gasteiger charge is -2.16. The topological polar surface area (TPSA) is 6.48 Å². The minimum absolute atomic E-state index is 0.00491. The molecule has 0 heterocycles. The van der Waals surface area contributed by atoms with Crippen LogP contribution in [0.4, 0.5) is 11.4 Å². The van der Waals surface area contributed by atoms with Gasteiger partial charge in [-0.25, -0.2) is 0 Å². The first-order valence-electron chi connectivity index (χ1n) is 5.74. The Bertz CT molecular complexity index is 348. The molecule has 0 radical (unpaired) electrons. The standard InChI is InChI=1S/C10H16N2/c1-11(2)9-5-7-10(8-6-9)12(3)4/h5-8H,1-4H3/i5D,6D,7D,8D. The molecule has 1 aromatic rings. The van der Waals surface area contributed by atoms with E-state index in [1.165, 1.54) is 0 Å². The van der Waals surface area contributed by atoms with Crippen molar-refractivity contribution in [2.45, 2.75) is 0 Å². The van der Waals surface area contributed by atoms with Gasteiger partial charge in [-0.1, -0.05) is 0 Å². The molecule has 0 saturated heterocycles. The van der Waals surface area contributed by atoms with Crippen molar-refractivity contribution in [3.05, 3.63) is 24.2 Å². The Hall–Kier alpha value is -1.18. The van der Waals surface area contributed by atoms with E-state index in [1.807, 2.05) is 0 Å². The van der Waals surface area contributed by atoms with E-state index in [2.05, 4.69) is 0 Å². The molecule has 0 saturated carbocycles. The normalized spacial score (nSPS) is 14.3. The first-order chi connectivity index (χ1) is 7.29. The van der Waals surface area contributed by atoms with Gasteiger partial charge >= 0.3 is 0 Å². The molecule has 0 aromatic heterocycles. The third-order valence-electron chi connectivity index (χ3n) is 1.49. The highest BCUT2D eigenvalue weighted by atomic mass is 15.1.